The topological polar surface area (TPSA) is 35.8 Å². The average molecular weight is 237 g/mol. The Kier molecular flexibility index (Phi) is 5.14. The average Bonchev–Trinajstić information content (AvgIpc) is 2.30. The molecule has 1 aromatic rings. The van der Waals surface area contributed by atoms with Crippen LogP contribution in [0.2, 0.25) is 5.02 Å². The van der Waals surface area contributed by atoms with Gasteiger partial charge in [-0.05, 0) is 24.1 Å². The van der Waals surface area contributed by atoms with E-state index < -0.39 is 0 Å². The van der Waals surface area contributed by atoms with Gasteiger partial charge in [0.15, 0.2) is 0 Å². The molecule has 0 amide bonds. The van der Waals surface area contributed by atoms with Crippen LogP contribution in [-0.4, -0.2) is 6.54 Å². The number of benzene rings is 1. The van der Waals surface area contributed by atoms with Crippen molar-refractivity contribution >= 4 is 17.3 Å². The van der Waals surface area contributed by atoms with E-state index in [9.17, 15) is 0 Å². The number of nitrogens with zero attached hydrogens (tertiary/aromatic N) is 1. The summed E-state index contributed by atoms with van der Waals surface area (Å²) in [6.45, 7) is 5.35. The van der Waals surface area contributed by atoms with Gasteiger partial charge in [0.05, 0.1) is 10.6 Å². The van der Waals surface area contributed by atoms with Crippen molar-refractivity contribution in [3.8, 4) is 6.07 Å². The smallest absolute Gasteiger partial charge is 0.101 e. The standard InChI is InChI=1S/C13H17ClN2/c1-3-10(4-2)9-16-12-6-5-11(8-15)13(14)7-12/h5-7,10,16H,3-4,9H2,1-2H3. The Hall–Kier alpha value is -1.20. The number of nitriles is 1. The normalized spacial score (nSPS) is 10.2. The second kappa shape index (κ2) is 6.40. The molecule has 1 rings (SSSR count). The van der Waals surface area contributed by atoms with E-state index in [2.05, 4.69) is 19.2 Å². The molecule has 1 aromatic carbocycles. The first-order valence-corrected chi connectivity index (χ1v) is 6.02. The molecule has 0 radical (unpaired) electrons. The number of nitrogens with one attached hydrogen (secondary N) is 1. The summed E-state index contributed by atoms with van der Waals surface area (Å²) in [5.74, 6) is 0.689. The van der Waals surface area contributed by atoms with E-state index in [0.29, 0.717) is 16.5 Å². The van der Waals surface area contributed by atoms with Crippen LogP contribution in [0.15, 0.2) is 18.2 Å². The molecule has 1 N–H and O–H groups in total. The first-order chi connectivity index (χ1) is 7.71. The Bertz CT molecular complexity index is 378. The van der Waals surface area contributed by atoms with Gasteiger partial charge in [-0.1, -0.05) is 38.3 Å². The molecule has 0 spiro atoms. The van der Waals surface area contributed by atoms with Crippen LogP contribution in [0.5, 0.6) is 0 Å². The van der Waals surface area contributed by atoms with Crippen molar-refractivity contribution in [1.29, 1.82) is 5.26 Å². The first-order valence-electron chi connectivity index (χ1n) is 5.64. The minimum Gasteiger partial charge on any atom is -0.385 e. The molecule has 16 heavy (non-hydrogen) atoms. The fraction of sp³-hybridized carbons (Fsp3) is 0.462. The fourth-order valence-electron chi connectivity index (χ4n) is 1.56. The van der Waals surface area contributed by atoms with E-state index in [1.165, 1.54) is 12.8 Å². The highest BCUT2D eigenvalue weighted by Crippen LogP contribution is 2.20. The summed E-state index contributed by atoms with van der Waals surface area (Å²) < 4.78 is 0. The molecule has 0 heterocycles. The summed E-state index contributed by atoms with van der Waals surface area (Å²) in [6.07, 6.45) is 2.35. The van der Waals surface area contributed by atoms with Crippen LogP contribution in [0, 0.1) is 17.2 Å². The number of rotatable bonds is 5. The quantitative estimate of drug-likeness (QED) is 0.837. The molecule has 0 fully saturated rings. The highest BCUT2D eigenvalue weighted by Gasteiger charge is 2.04. The van der Waals surface area contributed by atoms with Crippen molar-refractivity contribution in [1.82, 2.24) is 0 Å². The maximum Gasteiger partial charge on any atom is 0.101 e. The molecule has 0 atom stereocenters. The summed E-state index contributed by atoms with van der Waals surface area (Å²) in [5.41, 5.74) is 1.51. The molecule has 0 saturated heterocycles. The Labute approximate surface area is 102 Å². The lowest BCUT2D eigenvalue weighted by atomic mass is 10.0. The highest BCUT2D eigenvalue weighted by atomic mass is 35.5. The molecule has 0 saturated carbocycles. The van der Waals surface area contributed by atoms with Gasteiger partial charge in [0, 0.05) is 12.2 Å². The molecular weight excluding hydrogens is 220 g/mol. The van der Waals surface area contributed by atoms with Crippen LogP contribution in [0.1, 0.15) is 32.3 Å². The second-order valence-corrected chi connectivity index (χ2v) is 4.28. The summed E-state index contributed by atoms with van der Waals surface area (Å²) in [6, 6.07) is 7.50. The maximum atomic E-state index is 8.75. The Morgan fingerprint density at radius 2 is 2.06 bits per heavy atom. The Morgan fingerprint density at radius 3 is 2.56 bits per heavy atom. The number of hydrogen-bond donors (Lipinski definition) is 1. The van der Waals surface area contributed by atoms with Crippen molar-refractivity contribution in [2.45, 2.75) is 26.7 Å². The SMILES string of the molecule is CCC(CC)CNc1ccc(C#N)c(Cl)c1. The molecule has 0 aliphatic carbocycles. The van der Waals surface area contributed by atoms with Gasteiger partial charge in [0.1, 0.15) is 6.07 Å². The third-order valence-electron chi connectivity index (χ3n) is 2.84. The third-order valence-corrected chi connectivity index (χ3v) is 3.15. The number of anilines is 1. The predicted octanol–water partition coefficient (Wildman–Crippen LogP) is 4.06. The van der Waals surface area contributed by atoms with E-state index in [0.717, 1.165) is 12.2 Å². The van der Waals surface area contributed by atoms with Gasteiger partial charge in [-0.3, -0.25) is 0 Å². The molecular formula is C13H17ClN2. The van der Waals surface area contributed by atoms with Gasteiger partial charge < -0.3 is 5.32 Å². The van der Waals surface area contributed by atoms with Gasteiger partial charge in [-0.2, -0.15) is 5.26 Å². The van der Waals surface area contributed by atoms with Gasteiger partial charge in [0.2, 0.25) is 0 Å². The summed E-state index contributed by atoms with van der Waals surface area (Å²) >= 11 is 5.95. The lowest BCUT2D eigenvalue weighted by Gasteiger charge is -2.14. The lowest BCUT2D eigenvalue weighted by Crippen LogP contribution is -2.12. The maximum absolute atomic E-state index is 8.75. The highest BCUT2D eigenvalue weighted by molar-refractivity contribution is 6.32. The van der Waals surface area contributed by atoms with Crippen molar-refractivity contribution in [2.24, 2.45) is 5.92 Å². The monoisotopic (exact) mass is 236 g/mol. The minimum atomic E-state index is 0.511. The molecule has 0 aromatic heterocycles. The zero-order valence-electron chi connectivity index (χ0n) is 9.76. The van der Waals surface area contributed by atoms with Crippen LogP contribution in [0.4, 0.5) is 5.69 Å². The summed E-state index contributed by atoms with van der Waals surface area (Å²) in [4.78, 5) is 0. The zero-order chi connectivity index (χ0) is 12.0. The molecule has 3 heteroatoms. The molecule has 0 aliphatic heterocycles. The van der Waals surface area contributed by atoms with Crippen molar-refractivity contribution in [2.75, 3.05) is 11.9 Å². The van der Waals surface area contributed by atoms with Crippen molar-refractivity contribution in [3.63, 3.8) is 0 Å². The number of halogens is 1. The molecule has 0 aliphatic rings. The summed E-state index contributed by atoms with van der Waals surface area (Å²) in [7, 11) is 0. The van der Waals surface area contributed by atoms with Crippen LogP contribution in [0.3, 0.4) is 0 Å². The van der Waals surface area contributed by atoms with Crippen LogP contribution < -0.4 is 5.32 Å². The van der Waals surface area contributed by atoms with E-state index in [1.54, 1.807) is 6.07 Å². The molecule has 0 unspecified atom stereocenters. The van der Waals surface area contributed by atoms with Crippen molar-refractivity contribution < 1.29 is 0 Å². The molecule has 86 valence electrons. The molecule has 2 nitrogen and oxygen atoms in total. The number of hydrogen-bond acceptors (Lipinski definition) is 2. The Balaban J connectivity index is 2.62. The van der Waals surface area contributed by atoms with Crippen LogP contribution in [0.25, 0.3) is 0 Å². The van der Waals surface area contributed by atoms with Crippen LogP contribution >= 0.6 is 11.6 Å². The summed E-state index contributed by atoms with van der Waals surface area (Å²) in [5, 5.41) is 12.6. The first kappa shape index (κ1) is 12.9. The van der Waals surface area contributed by atoms with Gasteiger partial charge in [-0.15, -0.1) is 0 Å². The van der Waals surface area contributed by atoms with Gasteiger partial charge in [0.25, 0.3) is 0 Å². The second-order valence-electron chi connectivity index (χ2n) is 3.87. The Morgan fingerprint density at radius 1 is 1.38 bits per heavy atom. The van der Waals surface area contributed by atoms with Gasteiger partial charge >= 0.3 is 0 Å². The predicted molar refractivity (Wildman–Crippen MR) is 68.7 cm³/mol. The van der Waals surface area contributed by atoms with E-state index in [4.69, 9.17) is 16.9 Å². The largest absolute Gasteiger partial charge is 0.385 e. The van der Waals surface area contributed by atoms with Crippen molar-refractivity contribution in [3.05, 3.63) is 28.8 Å². The van der Waals surface area contributed by atoms with E-state index in [1.807, 2.05) is 18.2 Å². The lowest BCUT2D eigenvalue weighted by molar-refractivity contribution is 0.519. The third kappa shape index (κ3) is 3.43. The minimum absolute atomic E-state index is 0.511. The van der Waals surface area contributed by atoms with E-state index in [-0.39, 0.29) is 0 Å². The van der Waals surface area contributed by atoms with Gasteiger partial charge in [-0.25, -0.2) is 0 Å². The molecule has 0 bridgehead atoms. The fourth-order valence-corrected chi connectivity index (χ4v) is 1.78. The van der Waals surface area contributed by atoms with Crippen LogP contribution in [-0.2, 0) is 0 Å². The van der Waals surface area contributed by atoms with E-state index >= 15 is 0 Å². The zero-order valence-corrected chi connectivity index (χ0v) is 10.5.